The third kappa shape index (κ3) is 5.88. The zero-order chi connectivity index (χ0) is 37.7. The lowest BCUT2D eigenvalue weighted by Gasteiger charge is -2.11. The highest BCUT2D eigenvalue weighted by Gasteiger charge is 2.19. The first-order valence-electron chi connectivity index (χ1n) is 18.9. The molecule has 6 nitrogen and oxygen atoms in total. The van der Waals surface area contributed by atoms with Crippen LogP contribution in [0.2, 0.25) is 0 Å². The zero-order valence-electron chi connectivity index (χ0n) is 30.5. The minimum Gasteiger partial charge on any atom is -0.436 e. The van der Waals surface area contributed by atoms with E-state index >= 15 is 0 Å². The molecule has 266 valence electrons. The molecule has 0 radical (unpaired) electrons. The monoisotopic (exact) mass is 729 g/mol. The fourth-order valence-electron chi connectivity index (χ4n) is 7.66. The average molecular weight is 730 g/mol. The Morgan fingerprint density at radius 2 is 0.877 bits per heavy atom. The van der Waals surface area contributed by atoms with Crippen LogP contribution < -0.4 is 0 Å². The summed E-state index contributed by atoms with van der Waals surface area (Å²) in [5.74, 6) is 2.44. The number of oxazole rings is 1. The SMILES string of the molecule is c1ccc(-c2nc(-c3ccccc3)nc(-c3ccc(-c4nc5ccccc5c5c4ccc4oc(-c6ccc(-c7ccc8ccccc8c7)cc6)nc45)cc3)n2)cc1. The van der Waals surface area contributed by atoms with Crippen LogP contribution in [-0.4, -0.2) is 24.9 Å². The molecule has 8 aromatic carbocycles. The molecule has 0 atom stereocenters. The van der Waals surface area contributed by atoms with Crippen LogP contribution in [0.15, 0.2) is 192 Å². The summed E-state index contributed by atoms with van der Waals surface area (Å²) in [5, 5.41) is 5.49. The van der Waals surface area contributed by atoms with E-state index in [1.807, 2.05) is 78.9 Å². The van der Waals surface area contributed by atoms with E-state index in [0.29, 0.717) is 23.4 Å². The lowest BCUT2D eigenvalue weighted by molar-refractivity contribution is 0.620. The Hall–Kier alpha value is -7.83. The van der Waals surface area contributed by atoms with Crippen LogP contribution in [0.5, 0.6) is 0 Å². The van der Waals surface area contributed by atoms with Crippen LogP contribution in [0.25, 0.3) is 112 Å². The summed E-state index contributed by atoms with van der Waals surface area (Å²) >= 11 is 0. The van der Waals surface area contributed by atoms with Gasteiger partial charge in [0.1, 0.15) is 5.52 Å². The Balaban J connectivity index is 0.988. The Kier molecular flexibility index (Phi) is 7.71. The fraction of sp³-hybridized carbons (Fsp3) is 0. The van der Waals surface area contributed by atoms with Crippen molar-refractivity contribution in [3.05, 3.63) is 188 Å². The van der Waals surface area contributed by atoms with Gasteiger partial charge in [-0.15, -0.1) is 0 Å². The van der Waals surface area contributed by atoms with E-state index in [1.165, 1.54) is 16.3 Å². The molecule has 3 heterocycles. The lowest BCUT2D eigenvalue weighted by Crippen LogP contribution is -2.00. The van der Waals surface area contributed by atoms with Gasteiger partial charge in [0, 0.05) is 44.0 Å². The maximum absolute atomic E-state index is 6.46. The van der Waals surface area contributed by atoms with Crippen molar-refractivity contribution in [3.8, 4) is 68.0 Å². The molecule has 0 amide bonds. The molecule has 3 aromatic heterocycles. The molecule has 0 saturated heterocycles. The topological polar surface area (TPSA) is 77.6 Å². The number of nitrogens with zero attached hydrogens (tertiary/aromatic N) is 5. The highest BCUT2D eigenvalue weighted by molar-refractivity contribution is 6.20. The molecule has 0 saturated carbocycles. The first-order chi connectivity index (χ1) is 28.2. The number of hydrogen-bond donors (Lipinski definition) is 0. The number of benzene rings is 8. The van der Waals surface area contributed by atoms with Crippen molar-refractivity contribution in [2.45, 2.75) is 0 Å². The molecule has 0 bridgehead atoms. The van der Waals surface area contributed by atoms with Gasteiger partial charge in [-0.05, 0) is 58.3 Å². The number of rotatable bonds is 6. The predicted octanol–water partition coefficient (Wildman–Crippen LogP) is 12.9. The van der Waals surface area contributed by atoms with E-state index in [2.05, 4.69) is 109 Å². The predicted molar refractivity (Wildman–Crippen MR) is 230 cm³/mol. The molecule has 11 aromatic rings. The number of hydrogen-bond acceptors (Lipinski definition) is 6. The van der Waals surface area contributed by atoms with Crippen molar-refractivity contribution in [2.24, 2.45) is 0 Å². The lowest BCUT2D eigenvalue weighted by atomic mass is 9.98. The largest absolute Gasteiger partial charge is 0.436 e. The Morgan fingerprint density at radius 1 is 0.333 bits per heavy atom. The van der Waals surface area contributed by atoms with E-state index in [1.54, 1.807) is 0 Å². The Labute approximate surface area is 327 Å². The van der Waals surface area contributed by atoms with Crippen molar-refractivity contribution in [2.75, 3.05) is 0 Å². The number of fused-ring (bicyclic) bond motifs is 6. The van der Waals surface area contributed by atoms with Gasteiger partial charge in [0.2, 0.25) is 5.89 Å². The van der Waals surface area contributed by atoms with Crippen LogP contribution in [0.1, 0.15) is 0 Å². The third-order valence-corrected chi connectivity index (χ3v) is 10.6. The van der Waals surface area contributed by atoms with E-state index in [4.69, 9.17) is 29.3 Å². The van der Waals surface area contributed by atoms with E-state index in [9.17, 15) is 0 Å². The van der Waals surface area contributed by atoms with Gasteiger partial charge < -0.3 is 4.42 Å². The van der Waals surface area contributed by atoms with Gasteiger partial charge in [0.05, 0.1) is 11.2 Å². The van der Waals surface area contributed by atoms with Crippen molar-refractivity contribution in [1.29, 1.82) is 0 Å². The molecule has 0 spiro atoms. The van der Waals surface area contributed by atoms with Gasteiger partial charge >= 0.3 is 0 Å². The molecule has 0 N–H and O–H groups in total. The van der Waals surface area contributed by atoms with Gasteiger partial charge in [0.15, 0.2) is 23.1 Å². The highest BCUT2D eigenvalue weighted by Crippen LogP contribution is 2.39. The summed E-state index contributed by atoms with van der Waals surface area (Å²) in [6, 6.07) is 64.1. The molecule has 6 heteroatoms. The third-order valence-electron chi connectivity index (χ3n) is 10.6. The first-order valence-corrected chi connectivity index (χ1v) is 18.9. The van der Waals surface area contributed by atoms with Gasteiger partial charge in [-0.3, -0.25) is 0 Å². The summed E-state index contributed by atoms with van der Waals surface area (Å²) in [6.45, 7) is 0. The van der Waals surface area contributed by atoms with E-state index < -0.39 is 0 Å². The second-order valence-corrected chi connectivity index (χ2v) is 14.1. The molecule has 0 aliphatic heterocycles. The minimum atomic E-state index is 0.580. The normalized spacial score (nSPS) is 11.5. The average Bonchev–Trinajstić information content (AvgIpc) is 3.74. The standard InChI is InChI=1S/C51H31N5O/c1-3-12-35(13-4-1)48-54-49(36-14-5-2-6-15-36)56-50(55-48)37-24-22-34(23-25-37)46-42-29-30-44-47(45(42)41-17-9-10-18-43(41)52-46)53-51(57-44)38-26-19-33(20-27-38)40-28-21-32-11-7-8-16-39(32)31-40/h1-31H. The number of aromatic nitrogens is 5. The second kappa shape index (κ2) is 13.5. The van der Waals surface area contributed by atoms with Gasteiger partial charge in [-0.1, -0.05) is 152 Å². The molecule has 0 aliphatic carbocycles. The van der Waals surface area contributed by atoms with Crippen molar-refractivity contribution in [3.63, 3.8) is 0 Å². The molecule has 0 unspecified atom stereocenters. The van der Waals surface area contributed by atoms with Crippen LogP contribution in [-0.2, 0) is 0 Å². The van der Waals surface area contributed by atoms with Gasteiger partial charge in [-0.25, -0.2) is 24.9 Å². The van der Waals surface area contributed by atoms with Gasteiger partial charge in [-0.2, -0.15) is 0 Å². The Bertz CT molecular complexity index is 3210. The molecule has 11 rings (SSSR count). The quantitative estimate of drug-likeness (QED) is 0.159. The van der Waals surface area contributed by atoms with E-state index in [0.717, 1.165) is 71.8 Å². The summed E-state index contributed by atoms with van der Waals surface area (Å²) in [6.07, 6.45) is 0. The van der Waals surface area contributed by atoms with Crippen LogP contribution in [0.3, 0.4) is 0 Å². The molecular formula is C51H31N5O. The zero-order valence-corrected chi connectivity index (χ0v) is 30.5. The molecule has 0 fully saturated rings. The maximum atomic E-state index is 6.46. The van der Waals surface area contributed by atoms with Crippen LogP contribution in [0, 0.1) is 0 Å². The first kappa shape index (κ1) is 32.6. The number of pyridine rings is 1. The van der Waals surface area contributed by atoms with Crippen LogP contribution in [0.4, 0.5) is 0 Å². The van der Waals surface area contributed by atoms with Crippen LogP contribution >= 0.6 is 0 Å². The smallest absolute Gasteiger partial charge is 0.227 e. The number of para-hydroxylation sites is 1. The van der Waals surface area contributed by atoms with Crippen molar-refractivity contribution >= 4 is 43.5 Å². The molecule has 0 aliphatic rings. The maximum Gasteiger partial charge on any atom is 0.227 e. The molecule has 57 heavy (non-hydrogen) atoms. The van der Waals surface area contributed by atoms with E-state index in [-0.39, 0.29) is 0 Å². The molecular weight excluding hydrogens is 699 g/mol. The second-order valence-electron chi connectivity index (χ2n) is 14.1. The summed E-state index contributed by atoms with van der Waals surface area (Å²) < 4.78 is 6.46. The fourth-order valence-corrected chi connectivity index (χ4v) is 7.66. The minimum absolute atomic E-state index is 0.580. The summed E-state index contributed by atoms with van der Waals surface area (Å²) in [4.78, 5) is 25.1. The van der Waals surface area contributed by atoms with Crippen molar-refractivity contribution < 1.29 is 4.42 Å². The van der Waals surface area contributed by atoms with Crippen molar-refractivity contribution in [1.82, 2.24) is 24.9 Å². The highest BCUT2D eigenvalue weighted by atomic mass is 16.3. The Morgan fingerprint density at radius 3 is 1.58 bits per heavy atom. The summed E-state index contributed by atoms with van der Waals surface area (Å²) in [7, 11) is 0. The van der Waals surface area contributed by atoms with Gasteiger partial charge in [0.25, 0.3) is 0 Å². The summed E-state index contributed by atoms with van der Waals surface area (Å²) in [5.41, 5.74) is 10.2.